The highest BCUT2D eigenvalue weighted by Gasteiger charge is 2.16. The molecule has 0 aliphatic rings. The molecule has 3 nitrogen and oxygen atoms in total. The lowest BCUT2D eigenvalue weighted by atomic mass is 9.99. The second-order valence-corrected chi connectivity index (χ2v) is 6.12. The van der Waals surface area contributed by atoms with Crippen LogP contribution in [0.5, 0.6) is 0 Å². The number of anilines is 1. The highest BCUT2D eigenvalue weighted by Crippen LogP contribution is 2.21. The van der Waals surface area contributed by atoms with Gasteiger partial charge in [-0.2, -0.15) is 0 Å². The number of carbonyl (C=O) groups is 1. The summed E-state index contributed by atoms with van der Waals surface area (Å²) in [5.74, 6) is -0.0762. The number of amides is 1. The first-order chi connectivity index (χ1) is 12.2. The third kappa shape index (κ3) is 4.85. The van der Waals surface area contributed by atoms with Crippen LogP contribution in [0.4, 0.5) is 5.69 Å². The molecule has 0 spiro atoms. The maximum atomic E-state index is 12.4. The second kappa shape index (κ2) is 8.36. The lowest BCUT2D eigenvalue weighted by Gasteiger charge is -2.20. The minimum Gasteiger partial charge on any atom is -0.376 e. The van der Waals surface area contributed by atoms with Gasteiger partial charge in [0.25, 0.3) is 0 Å². The minimum absolute atomic E-state index is 0.0762. The van der Waals surface area contributed by atoms with Crippen molar-refractivity contribution in [2.45, 2.75) is 6.04 Å². The zero-order valence-corrected chi connectivity index (χ0v) is 14.4. The summed E-state index contributed by atoms with van der Waals surface area (Å²) in [5.41, 5.74) is 2.96. The van der Waals surface area contributed by atoms with E-state index in [2.05, 4.69) is 10.6 Å². The van der Waals surface area contributed by atoms with Gasteiger partial charge in [0.2, 0.25) is 5.91 Å². The third-order valence-corrected chi connectivity index (χ3v) is 4.12. The van der Waals surface area contributed by atoms with Crippen LogP contribution in [-0.4, -0.2) is 12.5 Å². The van der Waals surface area contributed by atoms with Crippen LogP contribution in [0.3, 0.4) is 0 Å². The topological polar surface area (TPSA) is 41.1 Å². The Morgan fingerprint density at radius 2 is 1.32 bits per heavy atom. The van der Waals surface area contributed by atoms with E-state index in [4.69, 9.17) is 11.6 Å². The van der Waals surface area contributed by atoms with Gasteiger partial charge in [-0.3, -0.25) is 4.79 Å². The van der Waals surface area contributed by atoms with Crippen molar-refractivity contribution < 1.29 is 4.79 Å². The summed E-state index contributed by atoms with van der Waals surface area (Å²) >= 11 is 5.87. The van der Waals surface area contributed by atoms with Crippen LogP contribution < -0.4 is 10.6 Å². The Hall–Kier alpha value is -2.78. The Bertz CT molecular complexity index is 765. The van der Waals surface area contributed by atoms with E-state index in [9.17, 15) is 4.79 Å². The fraction of sp³-hybridized carbons (Fsp3) is 0.0952. The normalized spacial score (nSPS) is 10.5. The van der Waals surface area contributed by atoms with Crippen molar-refractivity contribution in [3.05, 3.63) is 101 Å². The maximum absolute atomic E-state index is 12.4. The maximum Gasteiger partial charge on any atom is 0.240 e. The van der Waals surface area contributed by atoms with Crippen LogP contribution >= 0.6 is 11.6 Å². The average molecular weight is 351 g/mol. The number of hydrogen-bond donors (Lipinski definition) is 2. The van der Waals surface area contributed by atoms with Crippen molar-refractivity contribution in [2.24, 2.45) is 0 Å². The summed E-state index contributed by atoms with van der Waals surface area (Å²) in [6, 6.07) is 27.0. The molecule has 126 valence electrons. The molecule has 0 aliphatic heterocycles. The Morgan fingerprint density at radius 3 is 1.84 bits per heavy atom. The average Bonchev–Trinajstić information content (AvgIpc) is 2.67. The zero-order valence-electron chi connectivity index (χ0n) is 13.7. The van der Waals surface area contributed by atoms with Crippen molar-refractivity contribution in [1.82, 2.24) is 5.32 Å². The summed E-state index contributed by atoms with van der Waals surface area (Å²) in [6.45, 7) is 0.192. The molecule has 2 N–H and O–H groups in total. The Balaban J connectivity index is 1.69. The molecule has 0 heterocycles. The summed E-state index contributed by atoms with van der Waals surface area (Å²) in [6.07, 6.45) is 0. The van der Waals surface area contributed by atoms with Gasteiger partial charge in [-0.25, -0.2) is 0 Å². The van der Waals surface area contributed by atoms with Crippen LogP contribution in [0, 0.1) is 0 Å². The molecule has 0 aliphatic carbocycles. The van der Waals surface area contributed by atoms with E-state index in [1.807, 2.05) is 72.8 Å². The summed E-state index contributed by atoms with van der Waals surface area (Å²) in [4.78, 5) is 12.4. The lowest BCUT2D eigenvalue weighted by Crippen LogP contribution is -2.33. The van der Waals surface area contributed by atoms with Crippen LogP contribution in [0.1, 0.15) is 17.2 Å². The van der Waals surface area contributed by atoms with Crippen LogP contribution in [0.25, 0.3) is 0 Å². The van der Waals surface area contributed by atoms with Crippen LogP contribution in [0.15, 0.2) is 84.9 Å². The first kappa shape index (κ1) is 17.1. The van der Waals surface area contributed by atoms with Gasteiger partial charge >= 0.3 is 0 Å². The van der Waals surface area contributed by atoms with Gasteiger partial charge < -0.3 is 10.6 Å². The number of halogens is 1. The minimum atomic E-state index is -0.179. The predicted octanol–water partition coefficient (Wildman–Crippen LogP) is 4.66. The second-order valence-electron chi connectivity index (χ2n) is 5.68. The molecular formula is C21H19ClN2O. The lowest BCUT2D eigenvalue weighted by molar-refractivity contribution is -0.119. The standard InChI is InChI=1S/C21H19ClN2O/c22-18-11-13-19(14-12-18)23-15-20(25)24-21(16-7-3-1-4-8-16)17-9-5-2-6-10-17/h1-14,21,23H,15H2,(H,24,25). The van der Waals surface area contributed by atoms with Gasteiger partial charge in [-0.15, -0.1) is 0 Å². The van der Waals surface area contributed by atoms with Crippen LogP contribution in [-0.2, 0) is 4.79 Å². The first-order valence-electron chi connectivity index (χ1n) is 8.11. The van der Waals surface area contributed by atoms with Crippen molar-refractivity contribution in [1.29, 1.82) is 0 Å². The Kier molecular flexibility index (Phi) is 5.70. The van der Waals surface area contributed by atoms with Crippen molar-refractivity contribution in [3.8, 4) is 0 Å². The highest BCUT2D eigenvalue weighted by molar-refractivity contribution is 6.30. The summed E-state index contributed by atoms with van der Waals surface area (Å²) < 4.78 is 0. The molecular weight excluding hydrogens is 332 g/mol. The van der Waals surface area contributed by atoms with Crippen molar-refractivity contribution in [2.75, 3.05) is 11.9 Å². The molecule has 0 saturated heterocycles. The monoisotopic (exact) mass is 350 g/mol. The molecule has 0 unspecified atom stereocenters. The fourth-order valence-corrected chi connectivity index (χ4v) is 2.74. The van der Waals surface area contributed by atoms with Crippen LogP contribution in [0.2, 0.25) is 5.02 Å². The van der Waals surface area contributed by atoms with Gasteiger partial charge in [0.05, 0.1) is 12.6 Å². The number of rotatable bonds is 6. The molecule has 3 aromatic carbocycles. The molecule has 0 atom stereocenters. The Labute approximate surface area is 152 Å². The zero-order chi connectivity index (χ0) is 17.5. The van der Waals surface area contributed by atoms with Gasteiger partial charge in [-0.05, 0) is 35.4 Å². The van der Waals surface area contributed by atoms with Crippen molar-refractivity contribution >= 4 is 23.2 Å². The largest absolute Gasteiger partial charge is 0.376 e. The molecule has 0 radical (unpaired) electrons. The number of nitrogens with one attached hydrogen (secondary N) is 2. The molecule has 4 heteroatoms. The SMILES string of the molecule is O=C(CNc1ccc(Cl)cc1)NC(c1ccccc1)c1ccccc1. The smallest absolute Gasteiger partial charge is 0.240 e. The molecule has 0 fully saturated rings. The highest BCUT2D eigenvalue weighted by atomic mass is 35.5. The molecule has 1 amide bonds. The third-order valence-electron chi connectivity index (χ3n) is 3.87. The molecule has 0 saturated carbocycles. The molecule has 0 bridgehead atoms. The quantitative estimate of drug-likeness (QED) is 0.679. The summed E-state index contributed by atoms with van der Waals surface area (Å²) in [5, 5.41) is 6.88. The number of hydrogen-bond acceptors (Lipinski definition) is 2. The van der Waals surface area contributed by atoms with Crippen molar-refractivity contribution in [3.63, 3.8) is 0 Å². The summed E-state index contributed by atoms with van der Waals surface area (Å²) in [7, 11) is 0. The number of benzene rings is 3. The van der Waals surface area contributed by atoms with Gasteiger partial charge in [-0.1, -0.05) is 72.3 Å². The molecule has 3 rings (SSSR count). The van der Waals surface area contributed by atoms with E-state index in [-0.39, 0.29) is 18.5 Å². The van der Waals surface area contributed by atoms with E-state index >= 15 is 0 Å². The van der Waals surface area contributed by atoms with E-state index < -0.39 is 0 Å². The van der Waals surface area contributed by atoms with Gasteiger partial charge in [0.15, 0.2) is 0 Å². The first-order valence-corrected chi connectivity index (χ1v) is 8.49. The van der Waals surface area contributed by atoms with E-state index in [1.54, 1.807) is 12.1 Å². The van der Waals surface area contributed by atoms with E-state index in [0.29, 0.717) is 5.02 Å². The van der Waals surface area contributed by atoms with Gasteiger partial charge in [0, 0.05) is 10.7 Å². The molecule has 25 heavy (non-hydrogen) atoms. The van der Waals surface area contributed by atoms with Gasteiger partial charge in [0.1, 0.15) is 0 Å². The molecule has 0 aromatic heterocycles. The Morgan fingerprint density at radius 1 is 0.800 bits per heavy atom. The van der Waals surface area contributed by atoms with E-state index in [1.165, 1.54) is 0 Å². The number of carbonyl (C=O) groups excluding carboxylic acids is 1. The fourth-order valence-electron chi connectivity index (χ4n) is 2.61. The van der Waals surface area contributed by atoms with E-state index in [0.717, 1.165) is 16.8 Å². The molecule has 3 aromatic rings. The predicted molar refractivity (Wildman–Crippen MR) is 103 cm³/mol.